The molecule has 5 N–H and O–H groups in total. The van der Waals surface area contributed by atoms with E-state index < -0.39 is 58.3 Å². The second-order valence-corrected chi connectivity index (χ2v) is 9.72. The fraction of sp³-hybridized carbons (Fsp3) is 0.370. The molecule has 3 heterocycles. The van der Waals surface area contributed by atoms with Gasteiger partial charge in [-0.05, 0) is 48.6 Å². The Bertz CT molecular complexity index is 1330. The smallest absolute Gasteiger partial charge is 0.187 e. The van der Waals surface area contributed by atoms with Gasteiger partial charge in [0.15, 0.2) is 11.6 Å². The summed E-state index contributed by atoms with van der Waals surface area (Å²) in [5.74, 6) is -3.67. The molecule has 4 atom stereocenters. The van der Waals surface area contributed by atoms with Crippen LogP contribution in [0.1, 0.15) is 59.8 Å². The van der Waals surface area contributed by atoms with Crippen molar-refractivity contribution in [3.8, 4) is 11.3 Å². The van der Waals surface area contributed by atoms with Gasteiger partial charge in [-0.15, -0.1) is 0 Å². The van der Waals surface area contributed by atoms with E-state index in [9.17, 15) is 23.1 Å². The molecule has 0 amide bonds. The van der Waals surface area contributed by atoms with Crippen LogP contribution in [0, 0.1) is 17.5 Å². The minimum absolute atomic E-state index is 0.213. The number of halogens is 3. The van der Waals surface area contributed by atoms with Crippen LogP contribution in [0.25, 0.3) is 11.3 Å². The van der Waals surface area contributed by atoms with Crippen molar-refractivity contribution in [2.75, 3.05) is 5.73 Å². The summed E-state index contributed by atoms with van der Waals surface area (Å²) >= 11 is 0. The normalized spacial score (nSPS) is 25.5. The molecule has 1 saturated carbocycles. The molecule has 2 fully saturated rings. The van der Waals surface area contributed by atoms with Gasteiger partial charge in [-0.3, -0.25) is 9.78 Å². The van der Waals surface area contributed by atoms with Crippen molar-refractivity contribution in [3.63, 3.8) is 0 Å². The summed E-state index contributed by atoms with van der Waals surface area (Å²) in [4.78, 5) is 21.4. The van der Waals surface area contributed by atoms with E-state index in [1.54, 1.807) is 12.3 Å². The fourth-order valence-corrected chi connectivity index (χ4v) is 5.43. The van der Waals surface area contributed by atoms with E-state index in [0.717, 1.165) is 37.1 Å². The summed E-state index contributed by atoms with van der Waals surface area (Å²) in [6, 6.07) is 5.16. The number of carbonyl (C=O) groups excluding carboxylic acids is 1. The van der Waals surface area contributed by atoms with Gasteiger partial charge in [0.05, 0.1) is 23.5 Å². The maximum atomic E-state index is 14.6. The summed E-state index contributed by atoms with van der Waals surface area (Å²) in [6.45, 7) is 0. The molecule has 10 heteroatoms. The molecule has 0 radical (unpaired) electrons. The second kappa shape index (κ2) is 9.85. The van der Waals surface area contributed by atoms with Gasteiger partial charge in [0, 0.05) is 30.9 Å². The number of aromatic nitrogens is 2. The largest absolute Gasteiger partial charge is 0.397 e. The number of ether oxygens (including phenoxy) is 1. The minimum Gasteiger partial charge on any atom is -0.397 e. The fourth-order valence-electron chi connectivity index (χ4n) is 5.43. The highest BCUT2D eigenvalue weighted by atomic mass is 19.1. The number of hydrogen-bond acceptors (Lipinski definition) is 7. The summed E-state index contributed by atoms with van der Waals surface area (Å²) in [5.41, 5.74) is 10.5. The van der Waals surface area contributed by atoms with Crippen LogP contribution in [0.15, 0.2) is 42.7 Å². The highest BCUT2D eigenvalue weighted by molar-refractivity contribution is 6.00. The van der Waals surface area contributed by atoms with Crippen LogP contribution in [-0.4, -0.2) is 38.6 Å². The number of benzene rings is 1. The molecule has 0 bridgehead atoms. The molecular weight excluding hydrogens is 485 g/mol. The zero-order valence-electron chi connectivity index (χ0n) is 20.0. The molecule has 0 unspecified atom stereocenters. The number of hydrogen-bond donors (Lipinski definition) is 3. The van der Waals surface area contributed by atoms with Crippen LogP contribution < -0.4 is 11.5 Å². The summed E-state index contributed by atoms with van der Waals surface area (Å²) in [6.07, 6.45) is 5.42. The number of rotatable bonds is 5. The first-order chi connectivity index (χ1) is 17.7. The molecule has 1 saturated heterocycles. The van der Waals surface area contributed by atoms with E-state index in [1.165, 1.54) is 6.20 Å². The van der Waals surface area contributed by atoms with Crippen molar-refractivity contribution in [1.29, 1.82) is 0 Å². The Kier molecular flexibility index (Phi) is 6.74. The predicted molar refractivity (Wildman–Crippen MR) is 130 cm³/mol. The molecule has 0 spiro atoms. The minimum atomic E-state index is -1.08. The van der Waals surface area contributed by atoms with E-state index in [-0.39, 0.29) is 17.8 Å². The van der Waals surface area contributed by atoms with Gasteiger partial charge in [-0.1, -0.05) is 18.9 Å². The standard InChI is InChI=1S/C27H27F3N4O3/c28-16-4-3-5-17(29)24(16)25-18(30)11-19(31)26(34-25)20(35)10-14-13-33-9-7-15(14)21-12-22(32)27(36)8-2-1-6-23(27)37-21/h3-5,7,9,11,13,21-23,36H,1-2,6,8,10,12,31-32H2/t21-,22-,23-,27+/m1/s1. The summed E-state index contributed by atoms with van der Waals surface area (Å²) in [7, 11) is 0. The highest BCUT2D eigenvalue weighted by Gasteiger charge is 2.50. The molecule has 1 aromatic carbocycles. The molecular formula is C27H27F3N4O3. The zero-order chi connectivity index (χ0) is 26.3. The molecule has 194 valence electrons. The third-order valence-electron chi connectivity index (χ3n) is 7.40. The Morgan fingerprint density at radius 1 is 1.16 bits per heavy atom. The van der Waals surface area contributed by atoms with E-state index in [4.69, 9.17) is 16.2 Å². The van der Waals surface area contributed by atoms with E-state index >= 15 is 0 Å². The van der Waals surface area contributed by atoms with Gasteiger partial charge < -0.3 is 21.3 Å². The Labute approximate surface area is 211 Å². The van der Waals surface area contributed by atoms with Crippen molar-refractivity contribution in [2.45, 2.75) is 62.4 Å². The van der Waals surface area contributed by atoms with Gasteiger partial charge in [-0.25, -0.2) is 18.2 Å². The number of anilines is 1. The summed E-state index contributed by atoms with van der Waals surface area (Å²) in [5, 5.41) is 11.1. The first-order valence-electron chi connectivity index (χ1n) is 12.2. The lowest BCUT2D eigenvalue weighted by atomic mass is 9.73. The predicted octanol–water partition coefficient (Wildman–Crippen LogP) is 4.03. The van der Waals surface area contributed by atoms with Crippen molar-refractivity contribution in [1.82, 2.24) is 9.97 Å². The number of pyridine rings is 2. The zero-order valence-corrected chi connectivity index (χ0v) is 20.0. The van der Waals surface area contributed by atoms with Gasteiger partial charge in [-0.2, -0.15) is 0 Å². The van der Waals surface area contributed by atoms with Crippen molar-refractivity contribution in [2.24, 2.45) is 5.73 Å². The van der Waals surface area contributed by atoms with Gasteiger partial charge in [0.25, 0.3) is 0 Å². The molecule has 2 aliphatic rings. The quantitative estimate of drug-likeness (QED) is 0.441. The molecule has 37 heavy (non-hydrogen) atoms. The number of carbonyl (C=O) groups is 1. The Morgan fingerprint density at radius 2 is 1.92 bits per heavy atom. The van der Waals surface area contributed by atoms with Gasteiger partial charge in [0.2, 0.25) is 0 Å². The molecule has 3 aromatic rings. The third-order valence-corrected chi connectivity index (χ3v) is 7.40. The number of Topliss-reactive ketones (excluding diaryl/α,β-unsaturated/α-hetero) is 1. The lowest BCUT2D eigenvalue weighted by Gasteiger charge is -2.49. The third kappa shape index (κ3) is 4.60. The maximum Gasteiger partial charge on any atom is 0.187 e. The van der Waals surface area contributed by atoms with Crippen LogP contribution in [0.5, 0.6) is 0 Å². The average Bonchev–Trinajstić information content (AvgIpc) is 2.86. The van der Waals surface area contributed by atoms with E-state index in [0.29, 0.717) is 30.4 Å². The maximum absolute atomic E-state index is 14.6. The Balaban J connectivity index is 1.45. The molecule has 7 nitrogen and oxygen atoms in total. The molecule has 2 aromatic heterocycles. The number of nitrogen functional groups attached to an aromatic ring is 1. The van der Waals surface area contributed by atoms with Gasteiger partial charge in [0.1, 0.15) is 28.6 Å². The molecule has 5 rings (SSSR count). The topological polar surface area (TPSA) is 124 Å². The Morgan fingerprint density at radius 3 is 2.68 bits per heavy atom. The first-order valence-corrected chi connectivity index (χ1v) is 12.2. The lowest BCUT2D eigenvalue weighted by molar-refractivity contribution is -0.202. The van der Waals surface area contributed by atoms with Crippen molar-refractivity contribution >= 4 is 11.5 Å². The van der Waals surface area contributed by atoms with E-state index in [2.05, 4.69) is 9.97 Å². The van der Waals surface area contributed by atoms with Crippen molar-refractivity contribution < 1.29 is 27.8 Å². The lowest BCUT2D eigenvalue weighted by Crippen LogP contribution is -2.62. The molecule has 1 aliphatic heterocycles. The van der Waals surface area contributed by atoms with E-state index in [1.807, 2.05) is 0 Å². The van der Waals surface area contributed by atoms with Crippen LogP contribution >= 0.6 is 0 Å². The van der Waals surface area contributed by atoms with Crippen LogP contribution in [0.2, 0.25) is 0 Å². The van der Waals surface area contributed by atoms with Crippen molar-refractivity contribution in [3.05, 3.63) is 77.0 Å². The average molecular weight is 513 g/mol. The van der Waals surface area contributed by atoms with Crippen LogP contribution in [0.3, 0.4) is 0 Å². The second-order valence-electron chi connectivity index (χ2n) is 9.72. The molecule has 1 aliphatic carbocycles. The Hall–Kier alpha value is -3.34. The SMILES string of the molecule is Nc1cc(F)c(-c2c(F)cccc2F)nc1C(=O)Cc1cnccc1[C@H]1C[C@@H](N)[C@@]2(O)CCCC[C@H]2O1. The van der Waals surface area contributed by atoms with Gasteiger partial charge >= 0.3 is 0 Å². The number of fused-ring (bicyclic) bond motifs is 1. The number of nitrogens with zero attached hydrogens (tertiary/aromatic N) is 2. The number of nitrogens with two attached hydrogens (primary N) is 2. The number of ketones is 1. The van der Waals surface area contributed by atoms with Crippen LogP contribution in [-0.2, 0) is 11.2 Å². The monoisotopic (exact) mass is 512 g/mol. The highest BCUT2D eigenvalue weighted by Crippen LogP contribution is 2.44. The number of aliphatic hydroxyl groups is 1. The first kappa shape index (κ1) is 25.3. The summed E-state index contributed by atoms with van der Waals surface area (Å²) < 4.78 is 49.5. The van der Waals surface area contributed by atoms with Crippen LogP contribution in [0.4, 0.5) is 18.9 Å².